The largest absolute Gasteiger partial charge is 0.535 e. The predicted octanol–water partition coefficient (Wildman–Crippen LogP) is -0.0958. The average molecular weight is 514 g/mol. The Hall–Kier alpha value is -3.66. The van der Waals surface area contributed by atoms with E-state index in [0.29, 0.717) is 0 Å². The number of thiazole rings is 1. The molecule has 1 aromatic rings. The second-order valence-corrected chi connectivity index (χ2v) is 8.68. The van der Waals surface area contributed by atoms with Gasteiger partial charge in [0.05, 0.1) is 6.61 Å². The number of ether oxygens (including phenoxy) is 2. The first-order valence-corrected chi connectivity index (χ1v) is 11.5. The number of amides is 2. The van der Waals surface area contributed by atoms with E-state index in [0.717, 1.165) is 16.2 Å². The van der Waals surface area contributed by atoms with Crippen LogP contribution in [0.3, 0.4) is 0 Å². The van der Waals surface area contributed by atoms with Crippen LogP contribution in [-0.4, -0.2) is 81.0 Å². The van der Waals surface area contributed by atoms with Crippen molar-refractivity contribution in [3.05, 3.63) is 22.3 Å². The summed E-state index contributed by atoms with van der Waals surface area (Å²) in [5, 5.41) is 16.4. The van der Waals surface area contributed by atoms with Crippen molar-refractivity contribution < 1.29 is 43.4 Å². The Morgan fingerprint density at radius 1 is 1.35 bits per heavy atom. The summed E-state index contributed by atoms with van der Waals surface area (Å²) in [5.74, 6) is -3.39. The number of aromatic nitrogens is 1. The van der Waals surface area contributed by atoms with Crippen LogP contribution >= 0.6 is 23.1 Å². The van der Waals surface area contributed by atoms with E-state index in [1.54, 1.807) is 6.92 Å². The molecule has 0 saturated carbocycles. The smallest absolute Gasteiger partial charge is 0.477 e. The Labute approximate surface area is 200 Å². The lowest BCUT2D eigenvalue weighted by atomic mass is 10.0. The van der Waals surface area contributed by atoms with Crippen molar-refractivity contribution in [3.8, 4) is 0 Å². The fourth-order valence-corrected chi connectivity index (χ4v) is 4.90. The summed E-state index contributed by atoms with van der Waals surface area (Å²) in [4.78, 5) is 69.5. The van der Waals surface area contributed by atoms with Gasteiger partial charge in [0, 0.05) is 23.6 Å². The number of β-lactam (4-membered cyclic amide) rings is 1. The second kappa shape index (κ2) is 10.5. The fourth-order valence-electron chi connectivity index (χ4n) is 3.02. The molecule has 2 aliphatic rings. The van der Waals surface area contributed by atoms with E-state index in [-0.39, 0.29) is 41.1 Å². The quantitative estimate of drug-likeness (QED) is 0.137. The maximum atomic E-state index is 12.9. The van der Waals surface area contributed by atoms with Gasteiger partial charge in [-0.2, -0.15) is 0 Å². The minimum atomic E-state index is -1.37. The van der Waals surface area contributed by atoms with Gasteiger partial charge in [0.2, 0.25) is 0 Å². The van der Waals surface area contributed by atoms with Crippen molar-refractivity contribution in [3.63, 3.8) is 0 Å². The molecule has 0 spiro atoms. The van der Waals surface area contributed by atoms with Gasteiger partial charge < -0.3 is 25.6 Å². The third-order valence-electron chi connectivity index (χ3n) is 4.44. The molecule has 0 bridgehead atoms. The zero-order valence-corrected chi connectivity index (χ0v) is 19.4. The number of thioether (sulfide) groups is 1. The highest BCUT2D eigenvalue weighted by atomic mass is 32.2. The number of carbonyl (C=O) groups is 5. The molecule has 1 saturated heterocycles. The van der Waals surface area contributed by atoms with Gasteiger partial charge in [0.1, 0.15) is 29.4 Å². The van der Waals surface area contributed by atoms with E-state index in [9.17, 15) is 29.1 Å². The van der Waals surface area contributed by atoms with Gasteiger partial charge in [-0.1, -0.05) is 5.16 Å². The Kier molecular flexibility index (Phi) is 7.72. The number of nitrogens with one attached hydrogen (secondary N) is 1. The Bertz CT molecular complexity index is 1100. The molecule has 16 heteroatoms. The number of hydrogen-bond donors (Lipinski definition) is 3. The van der Waals surface area contributed by atoms with Crippen molar-refractivity contribution in [2.24, 2.45) is 5.16 Å². The number of carboxylic acid groups (broad SMARTS) is 1. The Morgan fingerprint density at radius 2 is 2.09 bits per heavy atom. The number of nitrogen functional groups attached to an aromatic ring is 1. The molecule has 1 fully saturated rings. The molecule has 2 amide bonds. The van der Waals surface area contributed by atoms with Crippen LogP contribution in [0.5, 0.6) is 0 Å². The van der Waals surface area contributed by atoms with Gasteiger partial charge in [0.25, 0.3) is 11.8 Å². The standard InChI is InChI=1S/C18H19N5O9S2/c1-3-30-18(29)32-22-10(9-6-34-17(19)20-9)13(25)21-11-14(26)23-12(16(27)28)8(4-31-7(2)24)5-33-15(11)23/h6,11,15H,3-5H2,1-2H3,(H2,19,20)(H,21,25)(H,27,28)/t11?,15-/m1/s1. The molecular formula is C18H19N5O9S2. The molecule has 2 atom stereocenters. The van der Waals surface area contributed by atoms with Crippen LogP contribution in [0.2, 0.25) is 0 Å². The van der Waals surface area contributed by atoms with E-state index < -0.39 is 47.0 Å². The topological polar surface area (TPSA) is 200 Å². The molecule has 1 aromatic heterocycles. The number of nitrogens with two attached hydrogens (primary N) is 1. The van der Waals surface area contributed by atoms with Gasteiger partial charge in [-0.25, -0.2) is 14.6 Å². The zero-order valence-electron chi connectivity index (χ0n) is 17.8. The third kappa shape index (κ3) is 5.28. The van der Waals surface area contributed by atoms with Gasteiger partial charge in [-0.15, -0.1) is 23.1 Å². The number of fused-ring (bicyclic) bond motifs is 1. The molecule has 0 radical (unpaired) electrons. The van der Waals surface area contributed by atoms with E-state index in [1.807, 2.05) is 0 Å². The van der Waals surface area contributed by atoms with Crippen LogP contribution in [0.4, 0.5) is 9.93 Å². The van der Waals surface area contributed by atoms with Crippen LogP contribution in [0.1, 0.15) is 19.5 Å². The number of carbonyl (C=O) groups excluding carboxylic acids is 4. The highest BCUT2D eigenvalue weighted by Gasteiger charge is 2.54. The number of anilines is 1. The molecule has 182 valence electrons. The molecule has 0 aliphatic carbocycles. The SMILES string of the molecule is CCOC(=O)ON=C(C(=O)NC1C(=O)N2C(C(=O)O)=C(COC(C)=O)CS[C@H]12)c1csc(N)n1. The summed E-state index contributed by atoms with van der Waals surface area (Å²) < 4.78 is 9.47. The van der Waals surface area contributed by atoms with Gasteiger partial charge in [0.15, 0.2) is 10.8 Å². The normalized spacial score (nSPS) is 19.6. The minimum absolute atomic E-state index is 0.000914. The number of rotatable bonds is 8. The zero-order chi connectivity index (χ0) is 25.0. The van der Waals surface area contributed by atoms with E-state index >= 15 is 0 Å². The Morgan fingerprint density at radius 3 is 2.68 bits per heavy atom. The van der Waals surface area contributed by atoms with Crippen molar-refractivity contribution in [2.45, 2.75) is 25.3 Å². The first kappa shape index (κ1) is 25.0. The molecule has 3 heterocycles. The first-order chi connectivity index (χ1) is 16.1. The van der Waals surface area contributed by atoms with Crippen LogP contribution in [0, 0.1) is 0 Å². The van der Waals surface area contributed by atoms with Crippen LogP contribution < -0.4 is 11.1 Å². The summed E-state index contributed by atoms with van der Waals surface area (Å²) in [5.41, 5.74) is 5.12. The molecule has 1 unspecified atom stereocenters. The summed E-state index contributed by atoms with van der Waals surface area (Å²) >= 11 is 2.19. The summed E-state index contributed by atoms with van der Waals surface area (Å²) in [7, 11) is 0. The molecular weight excluding hydrogens is 494 g/mol. The highest BCUT2D eigenvalue weighted by Crippen LogP contribution is 2.40. The molecule has 2 aliphatic heterocycles. The number of hydrogen-bond acceptors (Lipinski definition) is 13. The van der Waals surface area contributed by atoms with Gasteiger partial charge in [-0.05, 0) is 6.92 Å². The number of oxime groups is 1. The molecule has 3 rings (SSSR count). The summed E-state index contributed by atoms with van der Waals surface area (Å²) in [6, 6.07) is -1.09. The third-order valence-corrected chi connectivity index (χ3v) is 6.45. The number of nitrogens with zero attached hydrogens (tertiary/aromatic N) is 3. The van der Waals surface area contributed by atoms with Crippen molar-refractivity contribution in [2.75, 3.05) is 24.7 Å². The lowest BCUT2D eigenvalue weighted by Crippen LogP contribution is -2.71. The highest BCUT2D eigenvalue weighted by molar-refractivity contribution is 8.00. The van der Waals surface area contributed by atoms with E-state index in [4.69, 9.17) is 10.5 Å². The van der Waals surface area contributed by atoms with E-state index in [2.05, 4.69) is 25.0 Å². The van der Waals surface area contributed by atoms with Crippen molar-refractivity contribution in [1.82, 2.24) is 15.2 Å². The van der Waals surface area contributed by atoms with Crippen LogP contribution in [0.15, 0.2) is 21.8 Å². The van der Waals surface area contributed by atoms with Crippen molar-refractivity contribution >= 4 is 63.9 Å². The predicted molar refractivity (Wildman–Crippen MR) is 117 cm³/mol. The summed E-state index contributed by atoms with van der Waals surface area (Å²) in [6.45, 7) is 2.47. The fraction of sp³-hybridized carbons (Fsp3) is 0.389. The Balaban J connectivity index is 1.78. The maximum absolute atomic E-state index is 12.9. The second-order valence-electron chi connectivity index (χ2n) is 6.68. The summed E-state index contributed by atoms with van der Waals surface area (Å²) in [6.07, 6.45) is -1.15. The van der Waals surface area contributed by atoms with Gasteiger partial charge in [-0.3, -0.25) is 24.1 Å². The van der Waals surface area contributed by atoms with Crippen molar-refractivity contribution in [1.29, 1.82) is 0 Å². The van der Waals surface area contributed by atoms with Crippen LogP contribution in [0.25, 0.3) is 0 Å². The van der Waals surface area contributed by atoms with E-state index in [1.165, 1.54) is 24.1 Å². The van der Waals surface area contributed by atoms with Gasteiger partial charge >= 0.3 is 18.1 Å². The number of esters is 1. The lowest BCUT2D eigenvalue weighted by molar-refractivity contribution is -0.150. The molecule has 14 nitrogen and oxygen atoms in total. The molecule has 0 aromatic carbocycles. The first-order valence-electron chi connectivity index (χ1n) is 9.61. The molecule has 34 heavy (non-hydrogen) atoms. The number of aliphatic carboxylic acids is 1. The maximum Gasteiger partial charge on any atom is 0.535 e. The molecule has 4 N–H and O–H groups in total. The lowest BCUT2D eigenvalue weighted by Gasteiger charge is -2.49. The monoisotopic (exact) mass is 513 g/mol. The number of carboxylic acids is 1. The minimum Gasteiger partial charge on any atom is -0.477 e. The van der Waals surface area contributed by atoms with Crippen LogP contribution in [-0.2, 0) is 33.5 Å². The average Bonchev–Trinajstić information content (AvgIpc) is 3.21.